The molecule has 0 fully saturated rings. The molecule has 0 radical (unpaired) electrons. The van der Waals surface area contributed by atoms with Crippen molar-refractivity contribution in [2.24, 2.45) is 0 Å². The van der Waals surface area contributed by atoms with Crippen LogP contribution in [0, 0.1) is 13.8 Å². The van der Waals surface area contributed by atoms with Crippen LogP contribution in [-0.4, -0.2) is 58.1 Å². The van der Waals surface area contributed by atoms with Gasteiger partial charge in [0.2, 0.25) is 11.8 Å². The van der Waals surface area contributed by atoms with Crippen LogP contribution in [-0.2, 0) is 30.3 Å². The molecule has 0 heterocycles. The van der Waals surface area contributed by atoms with E-state index in [-0.39, 0.29) is 13.0 Å². The van der Waals surface area contributed by atoms with Gasteiger partial charge in [-0.2, -0.15) is 0 Å². The molecule has 0 spiro atoms. The molecule has 2 rings (SSSR count). The van der Waals surface area contributed by atoms with Crippen molar-refractivity contribution >= 4 is 23.9 Å². The molecule has 2 aromatic carbocycles. The molecule has 0 bridgehead atoms. The molecule has 43 heavy (non-hydrogen) atoms. The van der Waals surface area contributed by atoms with Crippen LogP contribution in [0.4, 0.5) is 4.79 Å². The summed E-state index contributed by atoms with van der Waals surface area (Å²) in [5.74, 6) is -1.61. The summed E-state index contributed by atoms with van der Waals surface area (Å²) < 4.78 is 11.0. The third-order valence-electron chi connectivity index (χ3n) is 6.29. The van der Waals surface area contributed by atoms with E-state index < -0.39 is 52.7 Å². The predicted octanol–water partition coefficient (Wildman–Crippen LogP) is 5.57. The standard InChI is InChI=1S/C34H49N3O6/c1-22-17-18-25(23(2)19-22)28(37(32(3,4)5)27(38)21-35-31(41)43-34(9,10)11)29(39)36-26(30(40)42-33(6,7)8)20-24-15-13-12-14-16-24/h12-19,26,28H,20-21H2,1-11H3,(H,35,41)(H,36,39). The van der Waals surface area contributed by atoms with E-state index in [4.69, 9.17) is 9.47 Å². The highest BCUT2D eigenvalue weighted by molar-refractivity contribution is 5.93. The molecule has 9 heteroatoms. The lowest BCUT2D eigenvalue weighted by molar-refractivity contribution is -0.159. The second-order valence-corrected chi connectivity index (χ2v) is 13.8. The molecule has 236 valence electrons. The summed E-state index contributed by atoms with van der Waals surface area (Å²) in [7, 11) is 0. The fraction of sp³-hybridized carbons (Fsp3) is 0.529. The van der Waals surface area contributed by atoms with Crippen LogP contribution in [0.3, 0.4) is 0 Å². The van der Waals surface area contributed by atoms with Crippen LogP contribution in [0.2, 0.25) is 0 Å². The fourth-order valence-electron chi connectivity index (χ4n) is 4.65. The van der Waals surface area contributed by atoms with Crippen molar-refractivity contribution < 1.29 is 28.7 Å². The van der Waals surface area contributed by atoms with Gasteiger partial charge in [0.1, 0.15) is 29.8 Å². The fourth-order valence-corrected chi connectivity index (χ4v) is 4.65. The molecular formula is C34H49N3O6. The third-order valence-corrected chi connectivity index (χ3v) is 6.29. The largest absolute Gasteiger partial charge is 0.458 e. The van der Waals surface area contributed by atoms with E-state index in [2.05, 4.69) is 10.6 Å². The maximum Gasteiger partial charge on any atom is 0.408 e. The summed E-state index contributed by atoms with van der Waals surface area (Å²) in [6.45, 7) is 19.4. The summed E-state index contributed by atoms with van der Waals surface area (Å²) in [5, 5.41) is 5.43. The van der Waals surface area contributed by atoms with Crippen molar-refractivity contribution in [2.45, 2.75) is 111 Å². The molecule has 2 N–H and O–H groups in total. The number of hydrogen-bond acceptors (Lipinski definition) is 6. The van der Waals surface area contributed by atoms with Crippen LogP contribution in [0.15, 0.2) is 48.5 Å². The second-order valence-electron chi connectivity index (χ2n) is 13.8. The maximum atomic E-state index is 14.3. The van der Waals surface area contributed by atoms with Crippen molar-refractivity contribution in [3.8, 4) is 0 Å². The average Bonchev–Trinajstić information content (AvgIpc) is 2.83. The highest BCUT2D eigenvalue weighted by Gasteiger charge is 2.41. The molecule has 0 aromatic heterocycles. The van der Waals surface area contributed by atoms with Gasteiger partial charge in [0.05, 0.1) is 0 Å². The van der Waals surface area contributed by atoms with Crippen LogP contribution < -0.4 is 10.6 Å². The first-order valence-electron chi connectivity index (χ1n) is 14.6. The van der Waals surface area contributed by atoms with E-state index in [0.29, 0.717) is 5.56 Å². The van der Waals surface area contributed by atoms with Gasteiger partial charge >= 0.3 is 12.1 Å². The monoisotopic (exact) mass is 595 g/mol. The maximum absolute atomic E-state index is 14.3. The van der Waals surface area contributed by atoms with E-state index in [9.17, 15) is 19.2 Å². The molecule has 2 unspecified atom stereocenters. The number of carbonyl (C=O) groups is 4. The number of aryl methyl sites for hydroxylation is 2. The predicted molar refractivity (Wildman–Crippen MR) is 167 cm³/mol. The van der Waals surface area contributed by atoms with Gasteiger partial charge in [-0.05, 0) is 92.9 Å². The van der Waals surface area contributed by atoms with E-state index >= 15 is 0 Å². The number of hydrogen-bond donors (Lipinski definition) is 2. The first kappa shape index (κ1) is 35.3. The number of alkyl carbamates (subject to hydrolysis) is 1. The normalized spacial score (nSPS) is 13.4. The SMILES string of the molecule is Cc1ccc(C(C(=O)NC(Cc2ccccc2)C(=O)OC(C)(C)C)N(C(=O)CNC(=O)OC(C)(C)C)C(C)(C)C)c(C)c1. The number of ether oxygens (including phenoxy) is 2. The molecule has 0 saturated heterocycles. The Kier molecular flexibility index (Phi) is 11.5. The minimum absolute atomic E-state index is 0.199. The summed E-state index contributed by atoms with van der Waals surface area (Å²) in [5.41, 5.74) is 0.874. The topological polar surface area (TPSA) is 114 Å². The molecule has 0 aliphatic heterocycles. The van der Waals surface area contributed by atoms with Crippen molar-refractivity contribution in [1.29, 1.82) is 0 Å². The van der Waals surface area contributed by atoms with Crippen LogP contribution >= 0.6 is 0 Å². The third kappa shape index (κ3) is 11.4. The Labute approximate surface area is 256 Å². The van der Waals surface area contributed by atoms with Gasteiger partial charge in [-0.25, -0.2) is 9.59 Å². The second kappa shape index (κ2) is 14.1. The molecular weight excluding hydrogens is 546 g/mol. The summed E-state index contributed by atoms with van der Waals surface area (Å²) in [6.07, 6.45) is -0.542. The van der Waals surface area contributed by atoms with E-state index in [1.807, 2.05) is 83.1 Å². The van der Waals surface area contributed by atoms with Gasteiger partial charge in [-0.1, -0.05) is 54.1 Å². The van der Waals surface area contributed by atoms with Crippen molar-refractivity contribution in [3.05, 3.63) is 70.8 Å². The molecule has 0 saturated carbocycles. The molecule has 2 aromatic rings. The highest BCUT2D eigenvalue weighted by atomic mass is 16.6. The minimum Gasteiger partial charge on any atom is -0.458 e. The lowest BCUT2D eigenvalue weighted by Crippen LogP contribution is -2.57. The first-order valence-corrected chi connectivity index (χ1v) is 14.6. The van der Waals surface area contributed by atoms with E-state index in [1.165, 1.54) is 4.90 Å². The smallest absolute Gasteiger partial charge is 0.408 e. The minimum atomic E-state index is -1.12. The van der Waals surface area contributed by atoms with Gasteiger partial charge in [0, 0.05) is 12.0 Å². The Morgan fingerprint density at radius 2 is 1.40 bits per heavy atom. The van der Waals surface area contributed by atoms with Crippen LogP contribution in [0.1, 0.15) is 90.6 Å². The Bertz CT molecular complexity index is 1290. The molecule has 2 atom stereocenters. The van der Waals surface area contributed by atoms with Crippen LogP contribution in [0.25, 0.3) is 0 Å². The number of esters is 1. The zero-order chi connectivity index (χ0) is 32.8. The molecule has 0 aliphatic rings. The number of nitrogens with zero attached hydrogens (tertiary/aromatic N) is 1. The van der Waals surface area contributed by atoms with Crippen molar-refractivity contribution in [1.82, 2.24) is 15.5 Å². The molecule has 0 aliphatic carbocycles. The van der Waals surface area contributed by atoms with Crippen LogP contribution in [0.5, 0.6) is 0 Å². The van der Waals surface area contributed by atoms with Gasteiger partial charge < -0.3 is 25.0 Å². The van der Waals surface area contributed by atoms with E-state index in [0.717, 1.165) is 16.7 Å². The van der Waals surface area contributed by atoms with Gasteiger partial charge in [0.25, 0.3) is 0 Å². The lowest BCUT2D eigenvalue weighted by atomic mass is 9.92. The Morgan fingerprint density at radius 1 is 0.814 bits per heavy atom. The number of carbonyl (C=O) groups excluding carboxylic acids is 4. The Balaban J connectivity index is 2.55. The summed E-state index contributed by atoms with van der Waals surface area (Å²) in [6, 6.07) is 12.8. The number of benzene rings is 2. The van der Waals surface area contributed by atoms with Crippen molar-refractivity contribution in [2.75, 3.05) is 6.54 Å². The number of nitrogens with one attached hydrogen (secondary N) is 2. The molecule has 3 amide bonds. The first-order chi connectivity index (χ1) is 19.7. The number of amides is 3. The zero-order valence-corrected chi connectivity index (χ0v) is 27.6. The highest BCUT2D eigenvalue weighted by Crippen LogP contribution is 2.32. The average molecular weight is 596 g/mol. The summed E-state index contributed by atoms with van der Waals surface area (Å²) in [4.78, 5) is 55.4. The molecule has 9 nitrogen and oxygen atoms in total. The zero-order valence-electron chi connectivity index (χ0n) is 27.6. The van der Waals surface area contributed by atoms with Gasteiger partial charge in [-0.15, -0.1) is 0 Å². The lowest BCUT2D eigenvalue weighted by Gasteiger charge is -2.42. The Hall–Kier alpha value is -3.88. The van der Waals surface area contributed by atoms with Gasteiger partial charge in [0.15, 0.2) is 0 Å². The summed E-state index contributed by atoms with van der Waals surface area (Å²) >= 11 is 0. The van der Waals surface area contributed by atoms with Gasteiger partial charge in [-0.3, -0.25) is 9.59 Å². The number of rotatable bonds is 9. The quantitative estimate of drug-likeness (QED) is 0.367. The Morgan fingerprint density at radius 3 is 1.91 bits per heavy atom. The van der Waals surface area contributed by atoms with Crippen molar-refractivity contribution in [3.63, 3.8) is 0 Å². The van der Waals surface area contributed by atoms with E-state index in [1.54, 1.807) is 41.5 Å².